The summed E-state index contributed by atoms with van der Waals surface area (Å²) in [6, 6.07) is 0. The van der Waals surface area contributed by atoms with E-state index in [1.54, 1.807) is 6.08 Å². The summed E-state index contributed by atoms with van der Waals surface area (Å²) in [4.78, 5) is 24.3. The first-order valence-electron chi connectivity index (χ1n) is 9.25. The van der Waals surface area contributed by atoms with E-state index >= 15 is 0 Å². The Morgan fingerprint density at radius 3 is 2.71 bits per heavy atom. The van der Waals surface area contributed by atoms with Crippen LogP contribution in [0.3, 0.4) is 0 Å². The lowest BCUT2D eigenvalue weighted by molar-refractivity contribution is -0.130. The maximum absolute atomic E-state index is 13.9. The van der Waals surface area contributed by atoms with Gasteiger partial charge < -0.3 is 0 Å². The predicted molar refractivity (Wildman–Crippen MR) is 86.6 cm³/mol. The van der Waals surface area contributed by atoms with E-state index in [1.165, 1.54) is 5.57 Å². The summed E-state index contributed by atoms with van der Waals surface area (Å²) in [6.07, 6.45) is 4.36. The largest absolute Gasteiger partial charge is 0.299 e. The number of Topliss-reactive ketones (excluding diaryl/α,β-unsaturated/α-hetero) is 1. The molecule has 0 spiro atoms. The van der Waals surface area contributed by atoms with E-state index in [2.05, 4.69) is 0 Å². The molecule has 4 atom stereocenters. The Kier molecular flexibility index (Phi) is 3.77. The molecule has 4 heteroatoms. The van der Waals surface area contributed by atoms with E-state index in [0.29, 0.717) is 31.5 Å². The minimum Gasteiger partial charge on any atom is -0.299 e. The molecule has 0 bridgehead atoms. The van der Waals surface area contributed by atoms with Crippen LogP contribution in [0.25, 0.3) is 0 Å². The van der Waals surface area contributed by atoms with Crippen LogP contribution in [-0.4, -0.2) is 18.0 Å². The molecule has 0 aromatic rings. The summed E-state index contributed by atoms with van der Waals surface area (Å²) < 4.78 is 27.8. The fourth-order valence-corrected chi connectivity index (χ4v) is 6.12. The zero-order valence-corrected chi connectivity index (χ0v) is 14.1. The number of carbonyl (C=O) groups excluding carboxylic acids is 2. The van der Waals surface area contributed by atoms with Crippen molar-refractivity contribution in [1.82, 2.24) is 0 Å². The lowest BCUT2D eigenvalue weighted by atomic mass is 9.53. The van der Waals surface area contributed by atoms with Gasteiger partial charge in [0.1, 0.15) is 5.78 Å². The second-order valence-corrected chi connectivity index (χ2v) is 7.95. The van der Waals surface area contributed by atoms with Gasteiger partial charge in [0.05, 0.1) is 0 Å². The Hall–Kier alpha value is -1.32. The van der Waals surface area contributed by atoms with Crippen molar-refractivity contribution in [3.05, 3.63) is 22.8 Å². The van der Waals surface area contributed by atoms with E-state index < -0.39 is 12.3 Å². The first kappa shape index (κ1) is 16.2. The van der Waals surface area contributed by atoms with Crippen LogP contribution in [0, 0.1) is 23.2 Å². The van der Waals surface area contributed by atoms with Gasteiger partial charge in [-0.15, -0.1) is 0 Å². The minimum atomic E-state index is -2.40. The molecule has 4 aliphatic carbocycles. The van der Waals surface area contributed by atoms with Crippen molar-refractivity contribution in [2.24, 2.45) is 23.2 Å². The number of ketones is 2. The van der Waals surface area contributed by atoms with Crippen LogP contribution >= 0.6 is 0 Å². The molecule has 0 aromatic carbocycles. The number of allylic oxidation sites excluding steroid dienone is 4. The highest BCUT2D eigenvalue weighted by Gasteiger charge is 2.58. The highest BCUT2D eigenvalue weighted by Crippen LogP contribution is 2.62. The summed E-state index contributed by atoms with van der Waals surface area (Å²) in [5.74, 6) is -0.458. The van der Waals surface area contributed by atoms with E-state index in [9.17, 15) is 18.4 Å². The second kappa shape index (κ2) is 5.60. The van der Waals surface area contributed by atoms with Crippen LogP contribution < -0.4 is 0 Å². The van der Waals surface area contributed by atoms with Crippen molar-refractivity contribution in [2.75, 3.05) is 0 Å². The molecule has 0 amide bonds. The van der Waals surface area contributed by atoms with Gasteiger partial charge in [-0.05, 0) is 67.6 Å². The first-order chi connectivity index (χ1) is 11.5. The Bertz CT molecular complexity index is 661. The third kappa shape index (κ3) is 2.11. The van der Waals surface area contributed by atoms with E-state index in [4.69, 9.17) is 0 Å². The molecule has 4 rings (SSSR count). The van der Waals surface area contributed by atoms with Crippen LogP contribution in [0.15, 0.2) is 22.8 Å². The van der Waals surface area contributed by atoms with Gasteiger partial charge in [0.25, 0.3) is 0 Å². The molecular formula is C20H24F2O2. The van der Waals surface area contributed by atoms with Crippen LogP contribution in [-0.2, 0) is 9.59 Å². The first-order valence-corrected chi connectivity index (χ1v) is 9.25. The lowest BCUT2D eigenvalue weighted by Gasteiger charge is -2.50. The van der Waals surface area contributed by atoms with Crippen LogP contribution in [0.5, 0.6) is 0 Å². The van der Waals surface area contributed by atoms with Crippen molar-refractivity contribution in [3.63, 3.8) is 0 Å². The number of hydrogen-bond donors (Lipinski definition) is 0. The van der Waals surface area contributed by atoms with Gasteiger partial charge in [-0.3, -0.25) is 9.59 Å². The van der Waals surface area contributed by atoms with Crippen molar-refractivity contribution < 1.29 is 18.4 Å². The van der Waals surface area contributed by atoms with Gasteiger partial charge in [0, 0.05) is 24.2 Å². The fraction of sp³-hybridized carbons (Fsp3) is 0.700. The van der Waals surface area contributed by atoms with Crippen molar-refractivity contribution in [2.45, 2.75) is 64.7 Å². The average molecular weight is 334 g/mol. The highest BCUT2D eigenvalue weighted by atomic mass is 19.3. The maximum atomic E-state index is 13.9. The normalized spacial score (nSPS) is 38.8. The number of rotatable bonds is 2. The molecule has 2 saturated carbocycles. The lowest BCUT2D eigenvalue weighted by Crippen LogP contribution is -2.46. The molecule has 0 saturated heterocycles. The maximum Gasteiger partial charge on any atom is 0.242 e. The molecule has 2 nitrogen and oxygen atoms in total. The van der Waals surface area contributed by atoms with Crippen LogP contribution in [0.1, 0.15) is 58.3 Å². The summed E-state index contributed by atoms with van der Waals surface area (Å²) in [6.45, 7) is 2.04. The molecule has 0 radical (unpaired) electrons. The zero-order valence-electron chi connectivity index (χ0n) is 14.1. The molecule has 0 unspecified atom stereocenters. The van der Waals surface area contributed by atoms with Gasteiger partial charge in [0.2, 0.25) is 6.43 Å². The van der Waals surface area contributed by atoms with E-state index in [0.717, 1.165) is 36.8 Å². The molecule has 130 valence electrons. The molecule has 4 aliphatic rings. The van der Waals surface area contributed by atoms with E-state index in [1.807, 2.05) is 6.92 Å². The number of alkyl halides is 2. The van der Waals surface area contributed by atoms with Gasteiger partial charge in [-0.25, -0.2) is 8.78 Å². The molecule has 24 heavy (non-hydrogen) atoms. The minimum absolute atomic E-state index is 0.0653. The molecule has 0 aromatic heterocycles. The smallest absolute Gasteiger partial charge is 0.242 e. The van der Waals surface area contributed by atoms with Crippen molar-refractivity contribution in [1.29, 1.82) is 0 Å². The van der Waals surface area contributed by atoms with Crippen LogP contribution in [0.2, 0.25) is 0 Å². The Balaban J connectivity index is 1.83. The Morgan fingerprint density at radius 1 is 1.21 bits per heavy atom. The Labute approximate surface area is 141 Å². The SMILES string of the molecule is CC[C@]12CCC3=C4CCC(=O)C=C4C[C@@H](C(F)F)[C@H]3[C@@H]1CCC2=O. The van der Waals surface area contributed by atoms with Gasteiger partial charge in [-0.1, -0.05) is 12.5 Å². The number of halogens is 2. The van der Waals surface area contributed by atoms with Crippen LogP contribution in [0.4, 0.5) is 8.78 Å². The topological polar surface area (TPSA) is 34.1 Å². The predicted octanol–water partition coefficient (Wildman–Crippen LogP) is 4.64. The summed E-state index contributed by atoms with van der Waals surface area (Å²) in [7, 11) is 0. The molecule has 0 aliphatic heterocycles. The zero-order chi connectivity index (χ0) is 17.1. The molecular weight excluding hydrogens is 310 g/mol. The fourth-order valence-electron chi connectivity index (χ4n) is 6.12. The third-order valence-electron chi connectivity index (χ3n) is 7.23. The number of carbonyl (C=O) groups is 2. The van der Waals surface area contributed by atoms with Gasteiger partial charge in [-0.2, -0.15) is 0 Å². The standard InChI is InChI=1S/C20H24F2O2/c1-2-20-8-7-14-13-4-3-12(23)9-11(13)10-15(19(21)22)18(14)16(20)5-6-17(20)24/h9,15-16,18-19H,2-8,10H2,1H3/t15-,16+,18+,20+/m1/s1. The quantitative estimate of drug-likeness (QED) is 0.737. The Morgan fingerprint density at radius 2 is 2.00 bits per heavy atom. The molecule has 0 N–H and O–H groups in total. The summed E-state index contributed by atoms with van der Waals surface area (Å²) >= 11 is 0. The van der Waals surface area contributed by atoms with Crippen molar-refractivity contribution in [3.8, 4) is 0 Å². The summed E-state index contributed by atoms with van der Waals surface area (Å²) in [5, 5.41) is 0. The van der Waals surface area contributed by atoms with Gasteiger partial charge >= 0.3 is 0 Å². The molecule has 0 heterocycles. The van der Waals surface area contributed by atoms with Gasteiger partial charge in [0.15, 0.2) is 5.78 Å². The number of hydrogen-bond acceptors (Lipinski definition) is 2. The van der Waals surface area contributed by atoms with E-state index in [-0.39, 0.29) is 23.0 Å². The van der Waals surface area contributed by atoms with Crippen molar-refractivity contribution >= 4 is 11.6 Å². The highest BCUT2D eigenvalue weighted by molar-refractivity contribution is 5.93. The number of fused-ring (bicyclic) bond motifs is 4. The monoisotopic (exact) mass is 334 g/mol. The second-order valence-electron chi connectivity index (χ2n) is 7.95. The third-order valence-corrected chi connectivity index (χ3v) is 7.23. The average Bonchev–Trinajstić information content (AvgIpc) is 2.90. The summed E-state index contributed by atoms with van der Waals surface area (Å²) in [5.41, 5.74) is 2.83. The molecule has 2 fully saturated rings.